The molecular formula is C16H17N3O3. The molecule has 0 bridgehead atoms. The van der Waals surface area contributed by atoms with Crippen molar-refractivity contribution < 1.29 is 9.76 Å². The van der Waals surface area contributed by atoms with Gasteiger partial charge in [-0.3, -0.25) is 10.1 Å². The lowest BCUT2D eigenvalue weighted by Crippen LogP contribution is -2.11. The molecule has 0 spiro atoms. The van der Waals surface area contributed by atoms with Crippen LogP contribution < -0.4 is 4.90 Å². The van der Waals surface area contributed by atoms with Crippen LogP contribution >= 0.6 is 0 Å². The fourth-order valence-corrected chi connectivity index (χ4v) is 2.01. The average molecular weight is 299 g/mol. The summed E-state index contributed by atoms with van der Waals surface area (Å²) in [5.74, 6) is 0. The third kappa shape index (κ3) is 3.60. The summed E-state index contributed by atoms with van der Waals surface area (Å²) in [6, 6.07) is 14.4. The Bertz CT molecular complexity index is 672. The summed E-state index contributed by atoms with van der Waals surface area (Å²) in [7, 11) is 1.80. The van der Waals surface area contributed by atoms with Crippen molar-refractivity contribution in [2.45, 2.75) is 6.92 Å². The van der Waals surface area contributed by atoms with Crippen LogP contribution in [0, 0.1) is 10.1 Å². The number of anilines is 2. The van der Waals surface area contributed by atoms with Gasteiger partial charge in [0.1, 0.15) is 12.3 Å². The molecule has 2 aromatic rings. The molecule has 0 amide bonds. The minimum absolute atomic E-state index is 0.0202. The molecule has 0 heterocycles. The number of para-hydroxylation sites is 1. The second kappa shape index (κ2) is 7.21. The van der Waals surface area contributed by atoms with E-state index in [2.05, 4.69) is 5.16 Å². The molecule has 0 saturated carbocycles. The molecule has 2 rings (SSSR count). The number of hydrogen-bond donors (Lipinski definition) is 0. The Balaban J connectivity index is 2.37. The van der Waals surface area contributed by atoms with Crippen molar-refractivity contribution >= 4 is 23.3 Å². The Morgan fingerprint density at radius 2 is 2.00 bits per heavy atom. The van der Waals surface area contributed by atoms with E-state index in [1.165, 1.54) is 12.3 Å². The lowest BCUT2D eigenvalue weighted by molar-refractivity contribution is -0.384. The van der Waals surface area contributed by atoms with Gasteiger partial charge in [0.25, 0.3) is 5.69 Å². The fourth-order valence-electron chi connectivity index (χ4n) is 2.01. The SMILES string of the molecule is CCON=Cc1ccc(N(C)c2ccccc2)c([N+](=O)[O-])c1. The maximum atomic E-state index is 11.3. The Morgan fingerprint density at radius 1 is 1.27 bits per heavy atom. The predicted molar refractivity (Wildman–Crippen MR) is 86.8 cm³/mol. The maximum absolute atomic E-state index is 11.3. The number of nitrogens with zero attached hydrogens (tertiary/aromatic N) is 3. The summed E-state index contributed by atoms with van der Waals surface area (Å²) in [6.07, 6.45) is 1.46. The van der Waals surface area contributed by atoms with E-state index >= 15 is 0 Å². The van der Waals surface area contributed by atoms with Gasteiger partial charge in [0, 0.05) is 24.4 Å². The van der Waals surface area contributed by atoms with Crippen LogP contribution in [0.1, 0.15) is 12.5 Å². The van der Waals surface area contributed by atoms with Gasteiger partial charge >= 0.3 is 0 Å². The zero-order valence-electron chi connectivity index (χ0n) is 12.5. The number of nitro groups is 1. The van der Waals surface area contributed by atoms with Gasteiger partial charge in [-0.25, -0.2) is 0 Å². The lowest BCUT2D eigenvalue weighted by atomic mass is 10.1. The zero-order valence-corrected chi connectivity index (χ0v) is 12.5. The second-order valence-electron chi connectivity index (χ2n) is 4.55. The van der Waals surface area contributed by atoms with Crippen molar-refractivity contribution in [2.24, 2.45) is 5.16 Å². The quantitative estimate of drug-likeness (QED) is 0.463. The summed E-state index contributed by atoms with van der Waals surface area (Å²) < 4.78 is 0. The van der Waals surface area contributed by atoms with Crippen LogP contribution in [0.15, 0.2) is 53.7 Å². The standard InChI is InChI=1S/C16H17N3O3/c1-3-22-17-12-13-9-10-15(16(11-13)19(20)21)18(2)14-7-5-4-6-8-14/h4-12H,3H2,1-2H3. The van der Waals surface area contributed by atoms with Gasteiger partial charge in [0.05, 0.1) is 11.1 Å². The van der Waals surface area contributed by atoms with Crippen LogP contribution in [-0.2, 0) is 4.84 Å². The first-order chi connectivity index (χ1) is 10.6. The second-order valence-corrected chi connectivity index (χ2v) is 4.55. The van der Waals surface area contributed by atoms with Crippen molar-refractivity contribution in [3.05, 3.63) is 64.2 Å². The van der Waals surface area contributed by atoms with Crippen molar-refractivity contribution in [1.29, 1.82) is 0 Å². The Hall–Kier alpha value is -2.89. The minimum Gasteiger partial charge on any atom is -0.396 e. The Kier molecular flexibility index (Phi) is 5.08. The molecule has 0 radical (unpaired) electrons. The Morgan fingerprint density at radius 3 is 2.64 bits per heavy atom. The molecule has 114 valence electrons. The Labute approximate surface area is 128 Å². The van der Waals surface area contributed by atoms with Crippen LogP contribution in [0.3, 0.4) is 0 Å². The van der Waals surface area contributed by atoms with Crippen LogP contribution in [-0.4, -0.2) is 24.8 Å². The molecule has 0 saturated heterocycles. The highest BCUT2D eigenvalue weighted by Gasteiger charge is 2.18. The van der Waals surface area contributed by atoms with E-state index in [-0.39, 0.29) is 5.69 Å². The van der Waals surface area contributed by atoms with Crippen LogP contribution in [0.2, 0.25) is 0 Å². The molecule has 0 N–H and O–H groups in total. The van der Waals surface area contributed by atoms with E-state index in [4.69, 9.17) is 4.84 Å². The van der Waals surface area contributed by atoms with E-state index < -0.39 is 4.92 Å². The molecule has 2 aromatic carbocycles. The van der Waals surface area contributed by atoms with E-state index in [0.717, 1.165) is 5.69 Å². The molecule has 22 heavy (non-hydrogen) atoms. The first-order valence-electron chi connectivity index (χ1n) is 6.86. The third-order valence-corrected chi connectivity index (χ3v) is 3.11. The predicted octanol–water partition coefficient (Wildman–Crippen LogP) is 3.73. The first-order valence-corrected chi connectivity index (χ1v) is 6.86. The largest absolute Gasteiger partial charge is 0.396 e. The molecule has 0 unspecified atom stereocenters. The topological polar surface area (TPSA) is 68.0 Å². The molecule has 0 aromatic heterocycles. The fraction of sp³-hybridized carbons (Fsp3) is 0.188. The molecule has 0 aliphatic carbocycles. The van der Waals surface area contributed by atoms with Crippen molar-refractivity contribution in [2.75, 3.05) is 18.6 Å². The monoisotopic (exact) mass is 299 g/mol. The van der Waals surface area contributed by atoms with Crippen molar-refractivity contribution in [1.82, 2.24) is 0 Å². The van der Waals surface area contributed by atoms with Gasteiger partial charge in [-0.2, -0.15) is 0 Å². The molecular weight excluding hydrogens is 282 g/mol. The number of oxime groups is 1. The number of nitro benzene ring substituents is 1. The maximum Gasteiger partial charge on any atom is 0.293 e. The summed E-state index contributed by atoms with van der Waals surface area (Å²) in [5.41, 5.74) is 2.03. The molecule has 6 heteroatoms. The van der Waals surface area contributed by atoms with Crippen LogP contribution in [0.4, 0.5) is 17.1 Å². The van der Waals surface area contributed by atoms with Gasteiger partial charge in [0.2, 0.25) is 0 Å². The molecule has 0 aliphatic rings. The highest BCUT2D eigenvalue weighted by Crippen LogP contribution is 2.32. The molecule has 0 fully saturated rings. The van der Waals surface area contributed by atoms with Crippen molar-refractivity contribution in [3.8, 4) is 0 Å². The first kappa shape index (κ1) is 15.5. The van der Waals surface area contributed by atoms with Gasteiger partial charge in [0.15, 0.2) is 0 Å². The van der Waals surface area contributed by atoms with E-state index in [1.807, 2.05) is 37.3 Å². The van der Waals surface area contributed by atoms with E-state index in [9.17, 15) is 10.1 Å². The van der Waals surface area contributed by atoms with Gasteiger partial charge in [-0.1, -0.05) is 29.4 Å². The number of benzene rings is 2. The number of hydrogen-bond acceptors (Lipinski definition) is 5. The third-order valence-electron chi connectivity index (χ3n) is 3.11. The van der Waals surface area contributed by atoms with Crippen LogP contribution in [0.5, 0.6) is 0 Å². The van der Waals surface area contributed by atoms with Crippen molar-refractivity contribution in [3.63, 3.8) is 0 Å². The summed E-state index contributed by atoms with van der Waals surface area (Å²) >= 11 is 0. The minimum atomic E-state index is -0.396. The van der Waals surface area contributed by atoms with E-state index in [1.54, 1.807) is 24.1 Å². The average Bonchev–Trinajstić information content (AvgIpc) is 2.55. The molecule has 0 atom stereocenters. The molecule has 6 nitrogen and oxygen atoms in total. The highest BCUT2D eigenvalue weighted by molar-refractivity contribution is 5.84. The smallest absolute Gasteiger partial charge is 0.293 e. The lowest BCUT2D eigenvalue weighted by Gasteiger charge is -2.19. The van der Waals surface area contributed by atoms with E-state index in [0.29, 0.717) is 17.9 Å². The zero-order chi connectivity index (χ0) is 15.9. The summed E-state index contributed by atoms with van der Waals surface area (Å²) in [4.78, 5) is 17.6. The summed E-state index contributed by atoms with van der Waals surface area (Å²) in [6.45, 7) is 2.27. The van der Waals surface area contributed by atoms with Gasteiger partial charge < -0.3 is 9.74 Å². The summed E-state index contributed by atoms with van der Waals surface area (Å²) in [5, 5.41) is 15.1. The highest BCUT2D eigenvalue weighted by atomic mass is 16.6. The normalized spacial score (nSPS) is 10.6. The number of rotatable bonds is 6. The van der Waals surface area contributed by atoms with Crippen LogP contribution in [0.25, 0.3) is 0 Å². The molecule has 0 aliphatic heterocycles. The van der Waals surface area contributed by atoms with Gasteiger partial charge in [-0.05, 0) is 25.1 Å². The van der Waals surface area contributed by atoms with Gasteiger partial charge in [-0.15, -0.1) is 0 Å².